The van der Waals surface area contributed by atoms with Crippen molar-refractivity contribution in [2.75, 3.05) is 13.2 Å². The molecule has 1 heterocycles. The quantitative estimate of drug-likeness (QED) is 0.851. The fourth-order valence-corrected chi connectivity index (χ4v) is 1.87. The van der Waals surface area contributed by atoms with Gasteiger partial charge in [-0.1, -0.05) is 6.07 Å². The highest BCUT2D eigenvalue weighted by Crippen LogP contribution is 2.14. The second-order valence-electron chi connectivity index (χ2n) is 4.01. The molecule has 1 atom stereocenters. The standard InChI is InChI=1S/C12H15F2NO/c13-11-4-1-5-12(14)10(11)8-16-7-9-3-2-6-15-9/h1,4-5,9,15H,2-3,6-8H2. The first kappa shape index (κ1) is 11.5. The van der Waals surface area contributed by atoms with E-state index in [0.29, 0.717) is 12.6 Å². The highest BCUT2D eigenvalue weighted by atomic mass is 19.1. The summed E-state index contributed by atoms with van der Waals surface area (Å²) in [4.78, 5) is 0. The van der Waals surface area contributed by atoms with Crippen LogP contribution in [0.4, 0.5) is 8.78 Å². The first-order chi connectivity index (χ1) is 7.77. The molecule has 0 spiro atoms. The maximum atomic E-state index is 13.2. The van der Waals surface area contributed by atoms with Gasteiger partial charge in [0.05, 0.1) is 13.2 Å². The summed E-state index contributed by atoms with van der Waals surface area (Å²) in [6, 6.07) is 4.17. The fraction of sp³-hybridized carbons (Fsp3) is 0.500. The molecule has 1 unspecified atom stereocenters. The van der Waals surface area contributed by atoms with Crippen molar-refractivity contribution in [3.63, 3.8) is 0 Å². The second kappa shape index (κ2) is 5.37. The molecule has 2 nitrogen and oxygen atoms in total. The Kier molecular flexibility index (Phi) is 3.85. The van der Waals surface area contributed by atoms with Crippen LogP contribution in [0.2, 0.25) is 0 Å². The summed E-state index contributed by atoms with van der Waals surface area (Å²) in [5, 5.41) is 3.26. The summed E-state index contributed by atoms with van der Waals surface area (Å²) in [6.07, 6.45) is 2.21. The Bertz CT molecular complexity index is 331. The zero-order valence-corrected chi connectivity index (χ0v) is 9.01. The first-order valence-corrected chi connectivity index (χ1v) is 5.51. The summed E-state index contributed by atoms with van der Waals surface area (Å²) >= 11 is 0. The topological polar surface area (TPSA) is 21.3 Å². The molecule has 0 amide bonds. The van der Waals surface area contributed by atoms with Gasteiger partial charge in [-0.15, -0.1) is 0 Å². The van der Waals surface area contributed by atoms with Crippen LogP contribution in [0.25, 0.3) is 0 Å². The Hall–Kier alpha value is -1.00. The van der Waals surface area contributed by atoms with Gasteiger partial charge in [-0.2, -0.15) is 0 Å². The number of ether oxygens (including phenoxy) is 1. The maximum absolute atomic E-state index is 13.2. The van der Waals surface area contributed by atoms with E-state index in [4.69, 9.17) is 4.74 Å². The third kappa shape index (κ3) is 2.77. The predicted octanol–water partition coefficient (Wildman–Crippen LogP) is 2.23. The Morgan fingerprint density at radius 1 is 1.31 bits per heavy atom. The van der Waals surface area contributed by atoms with E-state index in [9.17, 15) is 8.78 Å². The average molecular weight is 227 g/mol. The van der Waals surface area contributed by atoms with Gasteiger partial charge >= 0.3 is 0 Å². The third-order valence-electron chi connectivity index (χ3n) is 2.79. The van der Waals surface area contributed by atoms with Crippen LogP contribution in [-0.4, -0.2) is 19.2 Å². The Labute approximate surface area is 93.6 Å². The van der Waals surface area contributed by atoms with Crippen LogP contribution in [-0.2, 0) is 11.3 Å². The molecule has 0 aliphatic carbocycles. The number of hydrogen-bond donors (Lipinski definition) is 1. The molecule has 1 N–H and O–H groups in total. The van der Waals surface area contributed by atoms with Crippen molar-refractivity contribution < 1.29 is 13.5 Å². The molecule has 1 aromatic rings. The summed E-state index contributed by atoms with van der Waals surface area (Å²) in [6.45, 7) is 1.51. The van der Waals surface area contributed by atoms with Crippen molar-refractivity contribution in [2.24, 2.45) is 0 Å². The number of hydrogen-bond acceptors (Lipinski definition) is 2. The van der Waals surface area contributed by atoms with Crippen LogP contribution in [0.1, 0.15) is 18.4 Å². The van der Waals surface area contributed by atoms with E-state index >= 15 is 0 Å². The van der Waals surface area contributed by atoms with Crippen LogP contribution < -0.4 is 5.32 Å². The van der Waals surface area contributed by atoms with Crippen LogP contribution >= 0.6 is 0 Å². The van der Waals surface area contributed by atoms with Crippen LogP contribution in [0.3, 0.4) is 0 Å². The summed E-state index contributed by atoms with van der Waals surface area (Å²) < 4.78 is 31.8. The van der Waals surface area contributed by atoms with Crippen molar-refractivity contribution in [1.82, 2.24) is 5.32 Å². The molecule has 0 aromatic heterocycles. The molecule has 88 valence electrons. The van der Waals surface area contributed by atoms with E-state index in [1.807, 2.05) is 0 Å². The highest BCUT2D eigenvalue weighted by Gasteiger charge is 2.15. The Morgan fingerprint density at radius 2 is 2.06 bits per heavy atom. The van der Waals surface area contributed by atoms with Gasteiger partial charge in [0.2, 0.25) is 0 Å². The smallest absolute Gasteiger partial charge is 0.131 e. The highest BCUT2D eigenvalue weighted by molar-refractivity contribution is 5.18. The van der Waals surface area contributed by atoms with Crippen LogP contribution in [0.15, 0.2) is 18.2 Å². The number of halogens is 2. The average Bonchev–Trinajstić information content (AvgIpc) is 2.75. The number of nitrogens with one attached hydrogen (secondary N) is 1. The molecule has 1 aromatic carbocycles. The summed E-state index contributed by atoms with van der Waals surface area (Å²) in [7, 11) is 0. The van der Waals surface area contributed by atoms with E-state index < -0.39 is 11.6 Å². The van der Waals surface area contributed by atoms with Gasteiger partial charge in [-0.3, -0.25) is 0 Å². The SMILES string of the molecule is Fc1cccc(F)c1COCC1CCCN1. The zero-order chi connectivity index (χ0) is 11.4. The third-order valence-corrected chi connectivity index (χ3v) is 2.79. The van der Waals surface area contributed by atoms with E-state index in [1.54, 1.807) is 0 Å². The molecular formula is C12H15F2NO. The fourth-order valence-electron chi connectivity index (χ4n) is 1.87. The van der Waals surface area contributed by atoms with Gasteiger partial charge in [0.1, 0.15) is 11.6 Å². The minimum Gasteiger partial charge on any atom is -0.375 e. The van der Waals surface area contributed by atoms with Crippen molar-refractivity contribution in [3.05, 3.63) is 35.4 Å². The van der Waals surface area contributed by atoms with Gasteiger partial charge in [-0.05, 0) is 31.5 Å². The van der Waals surface area contributed by atoms with Gasteiger partial charge in [0.25, 0.3) is 0 Å². The molecule has 1 saturated heterocycles. The van der Waals surface area contributed by atoms with E-state index in [2.05, 4.69) is 5.32 Å². The van der Waals surface area contributed by atoms with Gasteiger partial charge in [0, 0.05) is 11.6 Å². The molecule has 4 heteroatoms. The normalized spacial score (nSPS) is 20.2. The van der Waals surface area contributed by atoms with Crippen LogP contribution in [0, 0.1) is 11.6 Å². The Balaban J connectivity index is 1.84. The maximum Gasteiger partial charge on any atom is 0.131 e. The van der Waals surface area contributed by atoms with Crippen LogP contribution in [0.5, 0.6) is 0 Å². The van der Waals surface area contributed by atoms with Crippen molar-refractivity contribution >= 4 is 0 Å². The number of rotatable bonds is 4. The molecule has 0 radical (unpaired) electrons. The monoisotopic (exact) mass is 227 g/mol. The van der Waals surface area contributed by atoms with E-state index in [0.717, 1.165) is 19.4 Å². The summed E-state index contributed by atoms with van der Waals surface area (Å²) in [5.41, 5.74) is 0.0143. The van der Waals surface area contributed by atoms with Gasteiger partial charge in [0.15, 0.2) is 0 Å². The lowest BCUT2D eigenvalue weighted by atomic mass is 10.2. The molecule has 1 aliphatic heterocycles. The Morgan fingerprint density at radius 3 is 2.69 bits per heavy atom. The molecule has 0 bridgehead atoms. The predicted molar refractivity (Wildman–Crippen MR) is 57.0 cm³/mol. The minimum atomic E-state index is -0.542. The minimum absolute atomic E-state index is 0.00329. The molecule has 0 saturated carbocycles. The molecular weight excluding hydrogens is 212 g/mol. The van der Waals surface area contributed by atoms with Crippen molar-refractivity contribution in [1.29, 1.82) is 0 Å². The second-order valence-corrected chi connectivity index (χ2v) is 4.01. The van der Waals surface area contributed by atoms with Gasteiger partial charge in [-0.25, -0.2) is 8.78 Å². The number of benzene rings is 1. The lowest BCUT2D eigenvalue weighted by Crippen LogP contribution is -2.26. The van der Waals surface area contributed by atoms with Gasteiger partial charge < -0.3 is 10.1 Å². The summed E-state index contributed by atoms with van der Waals surface area (Å²) in [5.74, 6) is -1.08. The lowest BCUT2D eigenvalue weighted by molar-refractivity contribution is 0.0989. The molecule has 16 heavy (non-hydrogen) atoms. The van der Waals surface area contributed by atoms with E-state index in [1.165, 1.54) is 18.2 Å². The molecule has 1 aliphatic rings. The first-order valence-electron chi connectivity index (χ1n) is 5.51. The zero-order valence-electron chi connectivity index (χ0n) is 9.01. The molecule has 2 rings (SSSR count). The largest absolute Gasteiger partial charge is 0.375 e. The van der Waals surface area contributed by atoms with Crippen molar-refractivity contribution in [3.8, 4) is 0 Å². The molecule has 1 fully saturated rings. The lowest BCUT2D eigenvalue weighted by Gasteiger charge is -2.11. The van der Waals surface area contributed by atoms with Crippen molar-refractivity contribution in [2.45, 2.75) is 25.5 Å². The van der Waals surface area contributed by atoms with E-state index in [-0.39, 0.29) is 12.2 Å².